The summed E-state index contributed by atoms with van der Waals surface area (Å²) in [4.78, 5) is 2.63. The Bertz CT molecular complexity index is 923. The third kappa shape index (κ3) is 3.71. The van der Waals surface area contributed by atoms with E-state index in [2.05, 4.69) is 84.7 Å². The van der Waals surface area contributed by atoms with Gasteiger partial charge in [-0.05, 0) is 53.9 Å². The van der Waals surface area contributed by atoms with E-state index in [4.69, 9.17) is 4.74 Å². The van der Waals surface area contributed by atoms with Crippen LogP contribution >= 0.6 is 0 Å². The Labute approximate surface area is 162 Å². The highest BCUT2D eigenvalue weighted by atomic mass is 16.5. The van der Waals surface area contributed by atoms with Crippen LogP contribution in [-0.4, -0.2) is 37.2 Å². The summed E-state index contributed by atoms with van der Waals surface area (Å²) in [7, 11) is 1.74. The first kappa shape index (κ1) is 18.0. The minimum absolute atomic E-state index is 0.212. The van der Waals surface area contributed by atoms with Crippen LogP contribution < -0.4 is 10.1 Å². The van der Waals surface area contributed by atoms with E-state index in [9.17, 15) is 0 Å². The van der Waals surface area contributed by atoms with Crippen LogP contribution in [0, 0.1) is 0 Å². The van der Waals surface area contributed by atoms with Crippen LogP contribution in [0.25, 0.3) is 10.8 Å². The molecule has 3 aromatic rings. The maximum absolute atomic E-state index is 5.52. The molecule has 4 rings (SSSR count). The number of nitrogens with one attached hydrogen (secondary N) is 1. The van der Waals surface area contributed by atoms with Crippen LogP contribution in [0.4, 0.5) is 0 Å². The molecule has 3 nitrogen and oxygen atoms in total. The van der Waals surface area contributed by atoms with E-state index in [1.165, 1.54) is 21.9 Å². The molecule has 1 heterocycles. The van der Waals surface area contributed by atoms with Crippen LogP contribution in [0.2, 0.25) is 0 Å². The zero-order chi connectivity index (χ0) is 18.8. The lowest BCUT2D eigenvalue weighted by Crippen LogP contribution is -2.55. The Balaban J connectivity index is 1.83. The fourth-order valence-electron chi connectivity index (χ4n) is 4.17. The Hall–Kier alpha value is -2.36. The fraction of sp³-hybridized carbons (Fsp3) is 0.333. The number of rotatable bonds is 4. The minimum Gasteiger partial charge on any atom is -0.497 e. The lowest BCUT2D eigenvalue weighted by molar-refractivity contribution is 0.113. The van der Waals surface area contributed by atoms with Gasteiger partial charge >= 0.3 is 0 Å². The second kappa shape index (κ2) is 7.71. The number of nitrogens with zero attached hydrogens (tertiary/aromatic N) is 1. The summed E-state index contributed by atoms with van der Waals surface area (Å²) in [6.07, 6.45) is 0. The fourth-order valence-corrected chi connectivity index (χ4v) is 4.17. The molecule has 0 spiro atoms. The Morgan fingerprint density at radius 2 is 1.70 bits per heavy atom. The molecule has 1 saturated heterocycles. The maximum atomic E-state index is 5.52. The summed E-state index contributed by atoms with van der Waals surface area (Å²) >= 11 is 0. The number of hydrogen-bond acceptors (Lipinski definition) is 3. The molecule has 1 aliphatic heterocycles. The van der Waals surface area contributed by atoms with Crippen molar-refractivity contribution < 1.29 is 4.74 Å². The molecule has 1 N–H and O–H groups in total. The molecule has 3 atom stereocenters. The van der Waals surface area contributed by atoms with Crippen LogP contribution in [0.5, 0.6) is 5.75 Å². The molecule has 1 fully saturated rings. The van der Waals surface area contributed by atoms with Gasteiger partial charge in [0.15, 0.2) is 0 Å². The predicted molar refractivity (Wildman–Crippen MR) is 112 cm³/mol. The van der Waals surface area contributed by atoms with Crippen molar-refractivity contribution in [3.8, 4) is 5.75 Å². The molecule has 1 unspecified atom stereocenters. The maximum Gasteiger partial charge on any atom is 0.119 e. The molecule has 0 aliphatic carbocycles. The average Bonchev–Trinajstić information content (AvgIpc) is 2.71. The number of benzene rings is 3. The molecule has 3 aromatic carbocycles. The van der Waals surface area contributed by atoms with Crippen molar-refractivity contribution in [3.63, 3.8) is 0 Å². The Morgan fingerprint density at radius 1 is 0.926 bits per heavy atom. The van der Waals surface area contributed by atoms with Crippen molar-refractivity contribution in [1.82, 2.24) is 10.2 Å². The molecule has 0 saturated carbocycles. The molecule has 0 amide bonds. The summed E-state index contributed by atoms with van der Waals surface area (Å²) in [6, 6.07) is 25.1. The van der Waals surface area contributed by atoms with E-state index in [0.29, 0.717) is 12.1 Å². The molecule has 1 aliphatic rings. The van der Waals surface area contributed by atoms with Gasteiger partial charge in [-0.1, -0.05) is 48.5 Å². The topological polar surface area (TPSA) is 24.5 Å². The van der Waals surface area contributed by atoms with Crippen LogP contribution in [0.15, 0.2) is 66.7 Å². The van der Waals surface area contributed by atoms with E-state index < -0.39 is 0 Å². The van der Waals surface area contributed by atoms with Gasteiger partial charge in [-0.15, -0.1) is 0 Å². The zero-order valence-corrected chi connectivity index (χ0v) is 16.4. The summed E-state index contributed by atoms with van der Waals surface area (Å²) in [5.74, 6) is 0.911. The highest BCUT2D eigenvalue weighted by Crippen LogP contribution is 2.34. The van der Waals surface area contributed by atoms with E-state index in [1.54, 1.807) is 7.11 Å². The van der Waals surface area contributed by atoms with E-state index in [0.717, 1.165) is 18.8 Å². The first-order chi connectivity index (χ1) is 13.2. The third-order valence-electron chi connectivity index (χ3n) is 5.64. The smallest absolute Gasteiger partial charge is 0.119 e. The van der Waals surface area contributed by atoms with E-state index >= 15 is 0 Å². The lowest BCUT2D eigenvalue weighted by Gasteiger charge is -2.43. The van der Waals surface area contributed by atoms with Crippen molar-refractivity contribution in [1.29, 1.82) is 0 Å². The van der Waals surface area contributed by atoms with Gasteiger partial charge in [0.25, 0.3) is 0 Å². The van der Waals surface area contributed by atoms with Crippen molar-refractivity contribution >= 4 is 10.8 Å². The summed E-state index contributed by atoms with van der Waals surface area (Å²) in [6.45, 7) is 6.61. The van der Waals surface area contributed by atoms with Gasteiger partial charge in [0.1, 0.15) is 5.75 Å². The second-order valence-corrected chi connectivity index (χ2v) is 7.64. The van der Waals surface area contributed by atoms with Gasteiger partial charge in [0, 0.05) is 25.2 Å². The van der Waals surface area contributed by atoms with E-state index in [1.807, 2.05) is 6.07 Å². The first-order valence-electron chi connectivity index (χ1n) is 9.77. The van der Waals surface area contributed by atoms with Gasteiger partial charge in [-0.25, -0.2) is 0 Å². The molecule has 0 bridgehead atoms. The first-order valence-corrected chi connectivity index (χ1v) is 9.77. The van der Waals surface area contributed by atoms with Crippen LogP contribution in [0.3, 0.4) is 0 Å². The molecule has 0 radical (unpaired) electrons. The predicted octanol–water partition coefficient (Wildman–Crippen LogP) is 4.62. The third-order valence-corrected chi connectivity index (χ3v) is 5.64. The molecule has 27 heavy (non-hydrogen) atoms. The summed E-state index contributed by atoms with van der Waals surface area (Å²) in [5, 5.41) is 6.18. The Morgan fingerprint density at radius 3 is 2.52 bits per heavy atom. The highest BCUT2D eigenvalue weighted by molar-refractivity contribution is 5.83. The van der Waals surface area contributed by atoms with Crippen molar-refractivity contribution in [3.05, 3.63) is 77.9 Å². The number of piperazine rings is 1. The largest absolute Gasteiger partial charge is 0.497 e. The second-order valence-electron chi connectivity index (χ2n) is 7.64. The van der Waals surface area contributed by atoms with Gasteiger partial charge in [-0.3, -0.25) is 4.90 Å². The zero-order valence-electron chi connectivity index (χ0n) is 16.4. The Kier molecular flexibility index (Phi) is 5.15. The molecular weight excluding hydrogens is 332 g/mol. The van der Waals surface area contributed by atoms with Gasteiger partial charge in [0.05, 0.1) is 13.2 Å². The minimum atomic E-state index is 0.212. The van der Waals surface area contributed by atoms with Gasteiger partial charge in [0.2, 0.25) is 0 Å². The van der Waals surface area contributed by atoms with Crippen LogP contribution in [0.1, 0.15) is 31.0 Å². The number of methoxy groups -OCH3 is 1. The quantitative estimate of drug-likeness (QED) is 0.735. The van der Waals surface area contributed by atoms with Crippen molar-refractivity contribution in [2.75, 3.05) is 20.2 Å². The lowest BCUT2D eigenvalue weighted by atomic mass is 9.92. The number of ether oxygens (including phenoxy) is 1. The molecule has 140 valence electrons. The van der Waals surface area contributed by atoms with Gasteiger partial charge in [-0.2, -0.15) is 0 Å². The number of fused-ring (bicyclic) bond motifs is 1. The van der Waals surface area contributed by atoms with Crippen LogP contribution in [-0.2, 0) is 0 Å². The standard InChI is InChI=1S/C24H28N2O/c1-17-16-26(18(2)15-25-17)24(21-9-6-10-23(14-21)27-3)22-12-11-19-7-4-5-8-20(19)13-22/h4-14,17-18,24-25H,15-16H2,1-3H3/t17-,18+,24?/m1/s1. The number of hydrogen-bond donors (Lipinski definition) is 1. The summed E-state index contributed by atoms with van der Waals surface area (Å²) in [5.41, 5.74) is 2.62. The van der Waals surface area contributed by atoms with E-state index in [-0.39, 0.29) is 6.04 Å². The van der Waals surface area contributed by atoms with Gasteiger partial charge < -0.3 is 10.1 Å². The molecule has 0 aromatic heterocycles. The highest BCUT2D eigenvalue weighted by Gasteiger charge is 2.31. The average molecular weight is 361 g/mol. The SMILES string of the molecule is COc1cccc(C(c2ccc3ccccc3c2)N2C[C@@H](C)NC[C@@H]2C)c1. The van der Waals surface area contributed by atoms with Crippen molar-refractivity contribution in [2.45, 2.75) is 32.0 Å². The monoisotopic (exact) mass is 360 g/mol. The molecule has 3 heteroatoms. The van der Waals surface area contributed by atoms with Crippen molar-refractivity contribution in [2.24, 2.45) is 0 Å². The summed E-state index contributed by atoms with van der Waals surface area (Å²) < 4.78 is 5.52. The normalized spacial score (nSPS) is 21.9. The molecular formula is C24H28N2O.